The predicted octanol–water partition coefficient (Wildman–Crippen LogP) is 1.35. The Morgan fingerprint density at radius 3 is 2.39 bits per heavy atom. The van der Waals surface area contributed by atoms with Crippen LogP contribution in [0.4, 0.5) is 0 Å². The Hall–Kier alpha value is -0.610. The van der Waals surface area contributed by atoms with Gasteiger partial charge in [0.1, 0.15) is 0 Å². The number of nitrogens with two attached hydrogens (primary N) is 1. The third-order valence-electron chi connectivity index (χ3n) is 4.60. The first-order valence-electron chi connectivity index (χ1n) is 7.21. The molecule has 0 saturated heterocycles. The molecule has 1 aliphatic carbocycles. The average molecular weight is 255 g/mol. The number of rotatable bonds is 8. The second kappa shape index (κ2) is 6.53. The van der Waals surface area contributed by atoms with Crippen LogP contribution in [-0.2, 0) is 4.79 Å². The lowest BCUT2D eigenvalue weighted by Crippen LogP contribution is -2.49. The van der Waals surface area contributed by atoms with Gasteiger partial charge in [0.05, 0.1) is 5.41 Å². The molecule has 0 aromatic heterocycles. The fourth-order valence-corrected chi connectivity index (χ4v) is 2.37. The van der Waals surface area contributed by atoms with Crippen molar-refractivity contribution in [2.45, 2.75) is 58.5 Å². The molecule has 1 fully saturated rings. The first kappa shape index (κ1) is 15.4. The van der Waals surface area contributed by atoms with Gasteiger partial charge >= 0.3 is 0 Å². The van der Waals surface area contributed by atoms with Crippen LogP contribution in [0.25, 0.3) is 0 Å². The maximum Gasteiger partial charge on any atom is 0.227 e. The molecule has 1 saturated carbocycles. The molecule has 1 atom stereocenters. The first-order chi connectivity index (χ1) is 8.50. The Bertz CT molecular complexity index is 264. The fourth-order valence-electron chi connectivity index (χ4n) is 2.37. The topological polar surface area (TPSA) is 58.4 Å². The Balaban J connectivity index is 2.43. The second-order valence-corrected chi connectivity index (χ2v) is 5.65. The van der Waals surface area contributed by atoms with Gasteiger partial charge in [-0.1, -0.05) is 13.8 Å². The number of nitrogens with one attached hydrogen (secondary N) is 1. The van der Waals surface area contributed by atoms with Crippen molar-refractivity contribution < 1.29 is 4.79 Å². The zero-order valence-electron chi connectivity index (χ0n) is 12.3. The maximum atomic E-state index is 12.3. The molecule has 106 valence electrons. The minimum atomic E-state index is -0.377. The average Bonchev–Trinajstić information content (AvgIpc) is 3.22. The highest BCUT2D eigenvalue weighted by molar-refractivity contribution is 5.82. The normalized spacial score (nSPS) is 17.9. The first-order valence-corrected chi connectivity index (χ1v) is 7.21. The summed E-state index contributed by atoms with van der Waals surface area (Å²) in [4.78, 5) is 14.6. The summed E-state index contributed by atoms with van der Waals surface area (Å²) in [5, 5.41) is 3.08. The van der Waals surface area contributed by atoms with Crippen molar-refractivity contribution in [2.75, 3.05) is 20.1 Å². The van der Waals surface area contributed by atoms with Crippen molar-refractivity contribution in [1.82, 2.24) is 10.2 Å². The molecule has 1 unspecified atom stereocenters. The summed E-state index contributed by atoms with van der Waals surface area (Å²) in [6, 6.07) is 1.12. The van der Waals surface area contributed by atoms with E-state index in [-0.39, 0.29) is 11.3 Å². The van der Waals surface area contributed by atoms with Crippen molar-refractivity contribution in [2.24, 2.45) is 11.1 Å². The van der Waals surface area contributed by atoms with E-state index in [0.717, 1.165) is 18.9 Å². The zero-order valence-corrected chi connectivity index (χ0v) is 12.3. The quantitative estimate of drug-likeness (QED) is 0.688. The summed E-state index contributed by atoms with van der Waals surface area (Å²) in [6.07, 6.45) is 4.20. The molecule has 0 bridgehead atoms. The highest BCUT2D eigenvalue weighted by Gasteiger charge is 2.34. The molecule has 0 aromatic carbocycles. The van der Waals surface area contributed by atoms with Crippen molar-refractivity contribution in [3.63, 3.8) is 0 Å². The number of carbonyl (C=O) groups is 1. The lowest BCUT2D eigenvalue weighted by molar-refractivity contribution is -0.131. The molecular weight excluding hydrogens is 226 g/mol. The third kappa shape index (κ3) is 3.45. The minimum Gasteiger partial charge on any atom is -0.354 e. The van der Waals surface area contributed by atoms with Crippen LogP contribution in [0.15, 0.2) is 0 Å². The van der Waals surface area contributed by atoms with Crippen LogP contribution in [0.2, 0.25) is 0 Å². The smallest absolute Gasteiger partial charge is 0.227 e. The Labute approximate surface area is 111 Å². The van der Waals surface area contributed by atoms with Crippen LogP contribution >= 0.6 is 0 Å². The minimum absolute atomic E-state index is 0.117. The number of hydrogen-bond acceptors (Lipinski definition) is 3. The van der Waals surface area contributed by atoms with Crippen molar-refractivity contribution >= 4 is 5.91 Å². The second-order valence-electron chi connectivity index (χ2n) is 5.65. The van der Waals surface area contributed by atoms with Gasteiger partial charge in [-0.15, -0.1) is 0 Å². The van der Waals surface area contributed by atoms with Gasteiger partial charge in [0, 0.05) is 25.2 Å². The van der Waals surface area contributed by atoms with Crippen LogP contribution in [-0.4, -0.2) is 43.0 Å². The molecule has 0 aliphatic heterocycles. The van der Waals surface area contributed by atoms with E-state index in [0.29, 0.717) is 19.1 Å². The number of hydrogen-bond donors (Lipinski definition) is 2. The van der Waals surface area contributed by atoms with Crippen molar-refractivity contribution in [3.8, 4) is 0 Å². The SMILES string of the molecule is CCC(CC)(CN)C(=O)NCC(C)N(C)C1CC1. The van der Waals surface area contributed by atoms with E-state index in [2.05, 4.69) is 24.2 Å². The van der Waals surface area contributed by atoms with E-state index in [9.17, 15) is 4.79 Å². The molecule has 4 heteroatoms. The number of amides is 1. The van der Waals surface area contributed by atoms with Gasteiger partial charge in [-0.3, -0.25) is 9.69 Å². The molecule has 3 N–H and O–H groups in total. The number of carbonyl (C=O) groups excluding carboxylic acids is 1. The van der Waals surface area contributed by atoms with Gasteiger partial charge in [0.2, 0.25) is 5.91 Å². The molecule has 4 nitrogen and oxygen atoms in total. The van der Waals surface area contributed by atoms with Crippen LogP contribution in [0.3, 0.4) is 0 Å². The number of nitrogens with zero attached hydrogens (tertiary/aromatic N) is 1. The van der Waals surface area contributed by atoms with E-state index in [1.807, 2.05) is 13.8 Å². The molecular formula is C14H29N3O. The van der Waals surface area contributed by atoms with Gasteiger partial charge in [0.15, 0.2) is 0 Å². The largest absolute Gasteiger partial charge is 0.354 e. The fraction of sp³-hybridized carbons (Fsp3) is 0.929. The molecule has 0 radical (unpaired) electrons. The molecule has 1 amide bonds. The van der Waals surface area contributed by atoms with Crippen LogP contribution in [0.1, 0.15) is 46.5 Å². The Morgan fingerprint density at radius 2 is 2.00 bits per heavy atom. The van der Waals surface area contributed by atoms with E-state index in [1.165, 1.54) is 12.8 Å². The monoisotopic (exact) mass is 255 g/mol. The van der Waals surface area contributed by atoms with Gasteiger partial charge in [-0.05, 0) is 39.7 Å². The van der Waals surface area contributed by atoms with E-state index < -0.39 is 0 Å². The molecule has 18 heavy (non-hydrogen) atoms. The maximum absolute atomic E-state index is 12.3. The van der Waals surface area contributed by atoms with Crippen LogP contribution in [0.5, 0.6) is 0 Å². The lowest BCUT2D eigenvalue weighted by Gasteiger charge is -2.31. The third-order valence-corrected chi connectivity index (χ3v) is 4.60. The summed E-state index contributed by atoms with van der Waals surface area (Å²) in [5.41, 5.74) is 5.41. The molecule has 0 heterocycles. The molecule has 1 aliphatic rings. The standard InChI is InChI=1S/C14H29N3O/c1-5-14(6-2,10-15)13(18)16-9-11(3)17(4)12-7-8-12/h11-12H,5-10,15H2,1-4H3,(H,16,18). The lowest BCUT2D eigenvalue weighted by atomic mass is 9.81. The molecule has 1 rings (SSSR count). The predicted molar refractivity (Wildman–Crippen MR) is 75.3 cm³/mol. The zero-order chi connectivity index (χ0) is 13.8. The van der Waals surface area contributed by atoms with Gasteiger partial charge in [-0.25, -0.2) is 0 Å². The summed E-state index contributed by atoms with van der Waals surface area (Å²) >= 11 is 0. The molecule has 0 spiro atoms. The van der Waals surface area contributed by atoms with Crippen molar-refractivity contribution in [1.29, 1.82) is 0 Å². The summed E-state index contributed by atoms with van der Waals surface area (Å²) in [7, 11) is 2.14. The van der Waals surface area contributed by atoms with Crippen molar-refractivity contribution in [3.05, 3.63) is 0 Å². The summed E-state index contributed by atoms with van der Waals surface area (Å²) in [6.45, 7) is 7.39. The summed E-state index contributed by atoms with van der Waals surface area (Å²) < 4.78 is 0. The van der Waals surface area contributed by atoms with Gasteiger partial charge in [0.25, 0.3) is 0 Å². The van der Waals surface area contributed by atoms with Gasteiger partial charge < -0.3 is 11.1 Å². The highest BCUT2D eigenvalue weighted by atomic mass is 16.2. The Kier molecular flexibility index (Phi) is 5.60. The number of likely N-dealkylation sites (N-methyl/N-ethyl adjacent to an activating group) is 1. The van der Waals surface area contributed by atoms with E-state index in [1.54, 1.807) is 0 Å². The Morgan fingerprint density at radius 1 is 1.44 bits per heavy atom. The highest BCUT2D eigenvalue weighted by Crippen LogP contribution is 2.27. The van der Waals surface area contributed by atoms with Gasteiger partial charge in [-0.2, -0.15) is 0 Å². The van der Waals surface area contributed by atoms with E-state index >= 15 is 0 Å². The summed E-state index contributed by atoms with van der Waals surface area (Å²) in [5.74, 6) is 0.117. The van der Waals surface area contributed by atoms with Crippen LogP contribution in [0, 0.1) is 5.41 Å². The van der Waals surface area contributed by atoms with E-state index in [4.69, 9.17) is 5.73 Å². The van der Waals surface area contributed by atoms with Crippen LogP contribution < -0.4 is 11.1 Å². The molecule has 0 aromatic rings.